The number of halogens is 2. The van der Waals surface area contributed by atoms with Crippen LogP contribution < -0.4 is 4.74 Å². The summed E-state index contributed by atoms with van der Waals surface area (Å²) in [6, 6.07) is 25.9. The number of Topliss-reactive ketones (excluding diaryl/α,β-unsaturated/α-hetero) is 1. The fraction of sp³-hybridized carbons (Fsp3) is 0.0455. The largest absolute Gasteiger partial charge is 0.488 e. The monoisotopic (exact) mass is 382 g/mol. The van der Waals surface area contributed by atoms with Crippen molar-refractivity contribution >= 4 is 34.0 Å². The summed E-state index contributed by atoms with van der Waals surface area (Å²) in [5.74, 6) is 0.246. The van der Waals surface area contributed by atoms with Crippen LogP contribution in [0.5, 0.6) is 5.75 Å². The summed E-state index contributed by atoms with van der Waals surface area (Å²) >= 11 is 12.7. The van der Waals surface area contributed by atoms with E-state index in [1.54, 1.807) is 36.4 Å². The summed E-state index contributed by atoms with van der Waals surface area (Å²) < 4.78 is 5.89. The van der Waals surface area contributed by atoms with Crippen LogP contribution in [0.4, 0.5) is 0 Å². The van der Waals surface area contributed by atoms with E-state index in [0.29, 0.717) is 23.5 Å². The molecule has 2 nitrogen and oxygen atoms in total. The van der Waals surface area contributed by atoms with Gasteiger partial charge in [-0.2, -0.15) is 0 Å². The number of allylic oxidation sites excluding steroid dienone is 1. The van der Waals surface area contributed by atoms with E-state index in [4.69, 9.17) is 27.9 Å². The quantitative estimate of drug-likeness (QED) is 0.369. The van der Waals surface area contributed by atoms with Crippen LogP contribution in [0.25, 0.3) is 5.03 Å². The molecule has 3 aromatic rings. The number of hydrogen-bond acceptors (Lipinski definition) is 2. The number of benzene rings is 3. The van der Waals surface area contributed by atoms with Crippen LogP contribution >= 0.6 is 23.2 Å². The molecule has 0 bridgehead atoms. The second-order valence-corrected chi connectivity index (χ2v) is 6.35. The summed E-state index contributed by atoms with van der Waals surface area (Å²) in [5.41, 5.74) is 2.10. The molecule has 0 unspecified atom stereocenters. The first-order valence-electron chi connectivity index (χ1n) is 8.08. The van der Waals surface area contributed by atoms with E-state index in [9.17, 15) is 4.79 Å². The maximum atomic E-state index is 12.5. The third kappa shape index (κ3) is 4.34. The van der Waals surface area contributed by atoms with Crippen LogP contribution in [-0.4, -0.2) is 5.78 Å². The summed E-state index contributed by atoms with van der Waals surface area (Å²) in [7, 11) is 0. The number of carbonyl (C=O) groups is 1. The van der Waals surface area contributed by atoms with Crippen molar-refractivity contribution in [2.24, 2.45) is 0 Å². The van der Waals surface area contributed by atoms with Gasteiger partial charge < -0.3 is 4.74 Å². The molecule has 0 aliphatic heterocycles. The Balaban J connectivity index is 1.87. The summed E-state index contributed by atoms with van der Waals surface area (Å²) in [4.78, 5) is 12.5. The van der Waals surface area contributed by atoms with Gasteiger partial charge in [0.15, 0.2) is 0 Å². The predicted molar refractivity (Wildman–Crippen MR) is 107 cm³/mol. The van der Waals surface area contributed by atoms with Crippen molar-refractivity contribution in [2.45, 2.75) is 6.61 Å². The summed E-state index contributed by atoms with van der Waals surface area (Å²) in [6.07, 6.45) is 0. The van der Waals surface area contributed by atoms with E-state index in [2.05, 4.69) is 0 Å². The Morgan fingerprint density at radius 1 is 0.769 bits per heavy atom. The van der Waals surface area contributed by atoms with Crippen molar-refractivity contribution in [2.75, 3.05) is 0 Å². The van der Waals surface area contributed by atoms with Gasteiger partial charge in [0.05, 0.1) is 5.03 Å². The Bertz CT molecular complexity index is 919. The lowest BCUT2D eigenvalue weighted by atomic mass is 10.1. The van der Waals surface area contributed by atoms with Crippen molar-refractivity contribution in [3.05, 3.63) is 107 Å². The van der Waals surface area contributed by atoms with Gasteiger partial charge >= 0.3 is 0 Å². The van der Waals surface area contributed by atoms with Crippen molar-refractivity contribution in [3.8, 4) is 5.75 Å². The van der Waals surface area contributed by atoms with Gasteiger partial charge in [-0.05, 0) is 17.7 Å². The Morgan fingerprint density at radius 2 is 1.35 bits per heavy atom. The van der Waals surface area contributed by atoms with Gasteiger partial charge in [0.2, 0.25) is 5.78 Å². The molecule has 0 fully saturated rings. The molecule has 3 aromatic carbocycles. The molecule has 0 aliphatic rings. The van der Waals surface area contributed by atoms with Crippen molar-refractivity contribution in [3.63, 3.8) is 0 Å². The van der Waals surface area contributed by atoms with Crippen molar-refractivity contribution in [1.29, 1.82) is 0 Å². The first-order chi connectivity index (χ1) is 12.7. The first kappa shape index (κ1) is 18.2. The number of carbonyl (C=O) groups excluding carboxylic acids is 1. The molecule has 0 heterocycles. The average Bonchev–Trinajstić information content (AvgIpc) is 2.72. The highest BCUT2D eigenvalue weighted by molar-refractivity contribution is 6.61. The predicted octanol–water partition coefficient (Wildman–Crippen LogP) is 6.29. The van der Waals surface area contributed by atoms with Gasteiger partial charge in [0, 0.05) is 11.1 Å². The van der Waals surface area contributed by atoms with Crippen LogP contribution in [0.3, 0.4) is 0 Å². The molecular weight excluding hydrogens is 367 g/mol. The van der Waals surface area contributed by atoms with Gasteiger partial charge in [-0.25, -0.2) is 0 Å². The zero-order chi connectivity index (χ0) is 18.4. The van der Waals surface area contributed by atoms with Crippen LogP contribution in [0.1, 0.15) is 21.5 Å². The standard InChI is InChI=1S/C22H16Cl2O2/c23-20(21(24)22(25)17-11-5-2-6-12-17)18-13-7-8-14-19(18)26-15-16-9-3-1-4-10-16/h1-14H,15H2. The lowest BCUT2D eigenvalue weighted by molar-refractivity contribution is 0.104. The lowest BCUT2D eigenvalue weighted by Crippen LogP contribution is -2.02. The van der Waals surface area contributed by atoms with E-state index in [0.717, 1.165) is 5.56 Å². The maximum Gasteiger partial charge on any atom is 0.205 e. The van der Waals surface area contributed by atoms with E-state index >= 15 is 0 Å². The highest BCUT2D eigenvalue weighted by atomic mass is 35.5. The second kappa shape index (κ2) is 8.70. The topological polar surface area (TPSA) is 26.3 Å². The van der Waals surface area contributed by atoms with Crippen LogP contribution in [0.2, 0.25) is 0 Å². The van der Waals surface area contributed by atoms with Gasteiger partial charge in [-0.1, -0.05) is 96.0 Å². The van der Waals surface area contributed by atoms with Crippen LogP contribution in [0, 0.1) is 0 Å². The SMILES string of the molecule is O=C(C(Cl)=C(Cl)c1ccccc1OCc1ccccc1)c1ccccc1. The summed E-state index contributed by atoms with van der Waals surface area (Å²) in [6.45, 7) is 0.395. The highest BCUT2D eigenvalue weighted by Gasteiger charge is 2.18. The molecule has 0 saturated heterocycles. The van der Waals surface area contributed by atoms with Gasteiger partial charge in [-0.15, -0.1) is 0 Å². The van der Waals surface area contributed by atoms with Crippen LogP contribution in [0.15, 0.2) is 90.0 Å². The Hall–Kier alpha value is -2.55. The number of rotatable bonds is 6. The molecule has 0 aliphatic carbocycles. The normalized spacial score (nSPS) is 11.6. The first-order valence-corrected chi connectivity index (χ1v) is 8.83. The number of para-hydroxylation sites is 1. The Kier molecular flexibility index (Phi) is 6.11. The molecule has 0 N–H and O–H groups in total. The van der Waals surface area contributed by atoms with E-state index in [1.165, 1.54) is 0 Å². The number of ether oxygens (including phenoxy) is 1. The molecular formula is C22H16Cl2O2. The minimum absolute atomic E-state index is 0.0337. The smallest absolute Gasteiger partial charge is 0.205 e. The zero-order valence-electron chi connectivity index (χ0n) is 13.9. The fourth-order valence-electron chi connectivity index (χ4n) is 2.44. The third-order valence-corrected chi connectivity index (χ3v) is 4.64. The zero-order valence-corrected chi connectivity index (χ0v) is 15.4. The lowest BCUT2D eigenvalue weighted by Gasteiger charge is -2.12. The molecule has 0 atom stereocenters. The molecule has 130 valence electrons. The van der Waals surface area contributed by atoms with Crippen molar-refractivity contribution < 1.29 is 9.53 Å². The Morgan fingerprint density at radius 3 is 2.04 bits per heavy atom. The van der Waals surface area contributed by atoms with Crippen LogP contribution in [-0.2, 0) is 6.61 Å². The molecule has 0 spiro atoms. The molecule has 0 aromatic heterocycles. The molecule has 0 saturated carbocycles. The highest BCUT2D eigenvalue weighted by Crippen LogP contribution is 2.34. The fourth-order valence-corrected chi connectivity index (χ4v) is 2.90. The van der Waals surface area contributed by atoms with Gasteiger partial charge in [0.1, 0.15) is 17.4 Å². The molecule has 3 rings (SSSR count). The van der Waals surface area contributed by atoms with E-state index < -0.39 is 0 Å². The second-order valence-electron chi connectivity index (χ2n) is 5.59. The Labute approximate surface area is 162 Å². The maximum absolute atomic E-state index is 12.5. The van der Waals surface area contributed by atoms with Gasteiger partial charge in [-0.3, -0.25) is 4.79 Å². The average molecular weight is 383 g/mol. The molecule has 26 heavy (non-hydrogen) atoms. The molecule has 4 heteroatoms. The van der Waals surface area contributed by atoms with E-state index in [-0.39, 0.29) is 15.8 Å². The molecule has 0 radical (unpaired) electrons. The van der Waals surface area contributed by atoms with E-state index in [1.807, 2.05) is 48.5 Å². The molecule has 0 amide bonds. The minimum atomic E-state index is -0.324. The van der Waals surface area contributed by atoms with Gasteiger partial charge in [0.25, 0.3) is 0 Å². The number of hydrogen-bond donors (Lipinski definition) is 0. The van der Waals surface area contributed by atoms with Crippen molar-refractivity contribution in [1.82, 2.24) is 0 Å². The minimum Gasteiger partial charge on any atom is -0.488 e. The summed E-state index contributed by atoms with van der Waals surface area (Å²) in [5, 5.41) is 0.137. The third-order valence-electron chi connectivity index (χ3n) is 3.79. The number of ketones is 1.